The van der Waals surface area contributed by atoms with Crippen molar-refractivity contribution < 1.29 is 9.53 Å². The Morgan fingerprint density at radius 2 is 2.38 bits per heavy atom. The van der Waals surface area contributed by atoms with Gasteiger partial charge in [-0.1, -0.05) is 0 Å². The summed E-state index contributed by atoms with van der Waals surface area (Å²) in [6.45, 7) is 5.49. The van der Waals surface area contributed by atoms with E-state index in [2.05, 4.69) is 5.32 Å². The van der Waals surface area contributed by atoms with Crippen molar-refractivity contribution in [1.82, 2.24) is 10.2 Å². The molecule has 1 N–H and O–H groups in total. The quantitative estimate of drug-likeness (QED) is 0.661. The van der Waals surface area contributed by atoms with Gasteiger partial charge in [-0.25, -0.2) is 0 Å². The van der Waals surface area contributed by atoms with Gasteiger partial charge in [0, 0.05) is 39.3 Å². The molecule has 0 radical (unpaired) electrons. The van der Waals surface area contributed by atoms with Gasteiger partial charge in [0.2, 0.25) is 5.91 Å². The van der Waals surface area contributed by atoms with E-state index in [1.807, 2.05) is 11.8 Å². The Morgan fingerprint density at radius 1 is 1.56 bits per heavy atom. The molecule has 1 aliphatic rings. The van der Waals surface area contributed by atoms with E-state index in [0.29, 0.717) is 19.1 Å². The van der Waals surface area contributed by atoms with E-state index >= 15 is 0 Å². The van der Waals surface area contributed by atoms with Gasteiger partial charge < -0.3 is 15.0 Å². The fraction of sp³-hybridized carbons (Fsp3) is 0.917. The molecule has 0 bridgehead atoms. The Balaban J connectivity index is 2.25. The first-order chi connectivity index (χ1) is 7.77. The van der Waals surface area contributed by atoms with E-state index in [9.17, 15) is 4.79 Å². The Morgan fingerprint density at radius 3 is 2.94 bits per heavy atom. The van der Waals surface area contributed by atoms with Gasteiger partial charge in [0.25, 0.3) is 0 Å². The molecule has 1 rings (SSSR count). The van der Waals surface area contributed by atoms with Crippen molar-refractivity contribution >= 4 is 5.91 Å². The lowest BCUT2D eigenvalue weighted by atomic mass is 10.2. The molecule has 4 heteroatoms. The molecule has 16 heavy (non-hydrogen) atoms. The number of hydrogen-bond donors (Lipinski definition) is 1. The van der Waals surface area contributed by atoms with Crippen LogP contribution in [0, 0.1) is 0 Å². The summed E-state index contributed by atoms with van der Waals surface area (Å²) in [5.74, 6) is 0.258. The third-order valence-electron chi connectivity index (χ3n) is 3.08. The van der Waals surface area contributed by atoms with E-state index in [1.165, 1.54) is 12.8 Å². The van der Waals surface area contributed by atoms with Crippen molar-refractivity contribution in [1.29, 1.82) is 0 Å². The second kappa shape index (κ2) is 7.63. The highest BCUT2D eigenvalue weighted by atomic mass is 16.5. The first kappa shape index (κ1) is 13.5. The molecule has 1 saturated heterocycles. The van der Waals surface area contributed by atoms with E-state index < -0.39 is 0 Å². The molecule has 0 aromatic heterocycles. The van der Waals surface area contributed by atoms with Crippen LogP contribution < -0.4 is 5.32 Å². The van der Waals surface area contributed by atoms with Crippen molar-refractivity contribution in [2.45, 2.75) is 38.6 Å². The Bertz CT molecular complexity index is 203. The number of nitrogens with one attached hydrogen (secondary N) is 1. The number of amides is 1. The molecule has 0 aliphatic carbocycles. The van der Waals surface area contributed by atoms with Gasteiger partial charge >= 0.3 is 0 Å². The highest BCUT2D eigenvalue weighted by Crippen LogP contribution is 2.08. The van der Waals surface area contributed by atoms with E-state index in [4.69, 9.17) is 4.74 Å². The normalized spacial score (nSPS) is 20.0. The van der Waals surface area contributed by atoms with E-state index in [0.717, 1.165) is 26.1 Å². The number of hydrogen-bond acceptors (Lipinski definition) is 3. The first-order valence-corrected chi connectivity index (χ1v) is 6.28. The van der Waals surface area contributed by atoms with Crippen LogP contribution in [-0.4, -0.2) is 50.2 Å². The maximum atomic E-state index is 11.9. The van der Waals surface area contributed by atoms with Gasteiger partial charge in [-0.2, -0.15) is 0 Å². The van der Waals surface area contributed by atoms with Gasteiger partial charge in [0.15, 0.2) is 0 Å². The standard InChI is InChI=1S/C12H24N2O2/c1-3-14(10-11-6-4-8-13-11)12(15)7-5-9-16-2/h11,13H,3-10H2,1-2H3. The minimum atomic E-state index is 0.258. The number of carbonyl (C=O) groups is 1. The van der Waals surface area contributed by atoms with Crippen molar-refractivity contribution in [2.24, 2.45) is 0 Å². The van der Waals surface area contributed by atoms with Gasteiger partial charge in [-0.05, 0) is 32.7 Å². The predicted octanol–water partition coefficient (Wildman–Crippen LogP) is 1.01. The zero-order chi connectivity index (χ0) is 11.8. The van der Waals surface area contributed by atoms with E-state index in [1.54, 1.807) is 7.11 Å². The monoisotopic (exact) mass is 228 g/mol. The van der Waals surface area contributed by atoms with Crippen LogP contribution in [0.15, 0.2) is 0 Å². The number of likely N-dealkylation sites (N-methyl/N-ethyl adjacent to an activating group) is 1. The first-order valence-electron chi connectivity index (χ1n) is 6.28. The summed E-state index contributed by atoms with van der Waals surface area (Å²) in [6, 6.07) is 0.506. The molecule has 1 heterocycles. The Labute approximate surface area is 98.3 Å². The minimum Gasteiger partial charge on any atom is -0.385 e. The molecule has 94 valence electrons. The van der Waals surface area contributed by atoms with Crippen molar-refractivity contribution in [3.63, 3.8) is 0 Å². The van der Waals surface area contributed by atoms with Crippen LogP contribution in [0.1, 0.15) is 32.6 Å². The average molecular weight is 228 g/mol. The lowest BCUT2D eigenvalue weighted by Gasteiger charge is -2.24. The Kier molecular flexibility index (Phi) is 6.42. The maximum absolute atomic E-state index is 11.9. The number of nitrogens with zero attached hydrogens (tertiary/aromatic N) is 1. The minimum absolute atomic E-state index is 0.258. The average Bonchev–Trinajstić information content (AvgIpc) is 2.78. The summed E-state index contributed by atoms with van der Waals surface area (Å²) in [5.41, 5.74) is 0. The molecule has 4 nitrogen and oxygen atoms in total. The number of methoxy groups -OCH3 is 1. The van der Waals surface area contributed by atoms with Crippen LogP contribution in [0.5, 0.6) is 0 Å². The number of ether oxygens (including phenoxy) is 1. The van der Waals surface area contributed by atoms with Crippen LogP contribution in [0.2, 0.25) is 0 Å². The van der Waals surface area contributed by atoms with Crippen LogP contribution in [0.25, 0.3) is 0 Å². The van der Waals surface area contributed by atoms with Crippen LogP contribution in [0.3, 0.4) is 0 Å². The lowest BCUT2D eigenvalue weighted by molar-refractivity contribution is -0.131. The fourth-order valence-electron chi connectivity index (χ4n) is 2.11. The van der Waals surface area contributed by atoms with Crippen LogP contribution >= 0.6 is 0 Å². The second-order valence-corrected chi connectivity index (χ2v) is 4.32. The molecule has 0 aromatic carbocycles. The summed E-state index contributed by atoms with van der Waals surface area (Å²) in [4.78, 5) is 13.8. The number of carbonyl (C=O) groups excluding carboxylic acids is 1. The highest BCUT2D eigenvalue weighted by Gasteiger charge is 2.19. The molecular formula is C12H24N2O2. The zero-order valence-electron chi connectivity index (χ0n) is 10.5. The summed E-state index contributed by atoms with van der Waals surface area (Å²) >= 11 is 0. The molecule has 1 atom stereocenters. The molecule has 0 spiro atoms. The molecule has 1 aliphatic heterocycles. The molecule has 1 fully saturated rings. The van der Waals surface area contributed by atoms with Crippen LogP contribution in [-0.2, 0) is 9.53 Å². The van der Waals surface area contributed by atoms with Gasteiger partial charge in [-0.3, -0.25) is 4.79 Å². The van der Waals surface area contributed by atoms with Crippen LogP contribution in [0.4, 0.5) is 0 Å². The smallest absolute Gasteiger partial charge is 0.222 e. The summed E-state index contributed by atoms with van der Waals surface area (Å²) in [7, 11) is 1.67. The number of rotatable bonds is 7. The van der Waals surface area contributed by atoms with Gasteiger partial charge in [0.05, 0.1) is 0 Å². The Hall–Kier alpha value is -0.610. The van der Waals surface area contributed by atoms with Crippen molar-refractivity contribution in [3.8, 4) is 0 Å². The maximum Gasteiger partial charge on any atom is 0.222 e. The summed E-state index contributed by atoms with van der Waals surface area (Å²) < 4.78 is 4.96. The van der Waals surface area contributed by atoms with Crippen molar-refractivity contribution in [3.05, 3.63) is 0 Å². The largest absolute Gasteiger partial charge is 0.385 e. The molecule has 0 aromatic rings. The molecular weight excluding hydrogens is 204 g/mol. The van der Waals surface area contributed by atoms with Crippen molar-refractivity contribution in [2.75, 3.05) is 33.4 Å². The fourth-order valence-corrected chi connectivity index (χ4v) is 2.11. The second-order valence-electron chi connectivity index (χ2n) is 4.32. The molecule has 1 unspecified atom stereocenters. The lowest BCUT2D eigenvalue weighted by Crippen LogP contribution is -2.41. The topological polar surface area (TPSA) is 41.6 Å². The predicted molar refractivity (Wildman–Crippen MR) is 64.4 cm³/mol. The molecule has 1 amide bonds. The van der Waals surface area contributed by atoms with Gasteiger partial charge in [0.1, 0.15) is 0 Å². The summed E-state index contributed by atoms with van der Waals surface area (Å²) in [6.07, 6.45) is 3.86. The third kappa shape index (κ3) is 4.49. The summed E-state index contributed by atoms with van der Waals surface area (Å²) in [5, 5.41) is 3.42. The zero-order valence-corrected chi connectivity index (χ0v) is 10.5. The molecule has 0 saturated carbocycles. The highest BCUT2D eigenvalue weighted by molar-refractivity contribution is 5.76. The third-order valence-corrected chi connectivity index (χ3v) is 3.08. The van der Waals surface area contributed by atoms with E-state index in [-0.39, 0.29) is 5.91 Å². The van der Waals surface area contributed by atoms with Gasteiger partial charge in [-0.15, -0.1) is 0 Å². The SMILES string of the molecule is CCN(CC1CCCN1)C(=O)CCCOC.